The van der Waals surface area contributed by atoms with Crippen molar-refractivity contribution >= 4 is 0 Å². The van der Waals surface area contributed by atoms with Gasteiger partial charge in [0.25, 0.3) is 0 Å². The van der Waals surface area contributed by atoms with Crippen LogP contribution < -0.4 is 10.9 Å². The third-order valence-corrected chi connectivity index (χ3v) is 2.43. The monoisotopic (exact) mass is 194 g/mol. The predicted octanol–water partition coefficient (Wildman–Crippen LogP) is 1.65. The molecule has 0 spiro atoms. The lowest BCUT2D eigenvalue weighted by Crippen LogP contribution is -2.27. The van der Waals surface area contributed by atoms with E-state index < -0.39 is 0 Å². The fraction of sp³-hybridized carbons (Fsp3) is 0.545. The van der Waals surface area contributed by atoms with E-state index in [1.807, 2.05) is 6.07 Å². The van der Waals surface area contributed by atoms with Crippen molar-refractivity contribution in [3.05, 3.63) is 34.2 Å². The quantitative estimate of drug-likeness (QED) is 0.748. The molecular weight excluding hydrogens is 176 g/mol. The topological polar surface area (TPSA) is 44.9 Å². The molecule has 1 aromatic rings. The Morgan fingerprint density at radius 2 is 2.07 bits per heavy atom. The molecule has 0 unspecified atom stereocenters. The third-order valence-electron chi connectivity index (χ3n) is 2.43. The lowest BCUT2D eigenvalue weighted by molar-refractivity contribution is 0.483. The molecule has 0 aliphatic rings. The second-order valence-electron chi connectivity index (χ2n) is 3.46. The highest BCUT2D eigenvalue weighted by molar-refractivity contribution is 5.08. The molecule has 3 nitrogen and oxygen atoms in total. The van der Waals surface area contributed by atoms with Crippen LogP contribution in [-0.2, 0) is 6.54 Å². The zero-order valence-corrected chi connectivity index (χ0v) is 8.84. The Bertz CT molecular complexity index is 295. The number of H-pyrrole nitrogens is 1. The number of hydrogen-bond acceptors (Lipinski definition) is 2. The molecule has 0 fully saturated rings. The molecule has 1 aromatic heterocycles. The number of aromatic nitrogens is 1. The molecule has 0 aromatic carbocycles. The first kappa shape index (κ1) is 11.0. The van der Waals surface area contributed by atoms with Crippen molar-refractivity contribution in [2.45, 2.75) is 39.3 Å². The van der Waals surface area contributed by atoms with Crippen LogP contribution in [0.4, 0.5) is 0 Å². The average molecular weight is 194 g/mol. The number of aromatic amines is 1. The number of hydrogen-bond donors (Lipinski definition) is 2. The van der Waals surface area contributed by atoms with Gasteiger partial charge in [-0.15, -0.1) is 0 Å². The Morgan fingerprint density at radius 3 is 2.57 bits per heavy atom. The van der Waals surface area contributed by atoms with Gasteiger partial charge in [-0.1, -0.05) is 19.9 Å². The van der Waals surface area contributed by atoms with Crippen LogP contribution in [0.5, 0.6) is 0 Å². The number of rotatable bonds is 5. The van der Waals surface area contributed by atoms with Crippen LogP contribution in [0, 0.1) is 0 Å². The summed E-state index contributed by atoms with van der Waals surface area (Å²) < 4.78 is 0. The van der Waals surface area contributed by atoms with Gasteiger partial charge in [0.1, 0.15) is 0 Å². The first-order chi connectivity index (χ1) is 6.76. The van der Waals surface area contributed by atoms with Gasteiger partial charge < -0.3 is 10.3 Å². The second-order valence-corrected chi connectivity index (χ2v) is 3.46. The minimum absolute atomic E-state index is 0.0451. The number of nitrogens with one attached hydrogen (secondary N) is 2. The lowest BCUT2D eigenvalue weighted by Gasteiger charge is -2.14. The summed E-state index contributed by atoms with van der Waals surface area (Å²) >= 11 is 0. The van der Waals surface area contributed by atoms with Crippen LogP contribution in [0.2, 0.25) is 0 Å². The van der Waals surface area contributed by atoms with E-state index in [-0.39, 0.29) is 5.56 Å². The van der Waals surface area contributed by atoms with Crippen LogP contribution in [0.25, 0.3) is 0 Å². The van der Waals surface area contributed by atoms with Gasteiger partial charge in [0.2, 0.25) is 5.56 Å². The van der Waals surface area contributed by atoms with Gasteiger partial charge in [-0.05, 0) is 18.4 Å². The molecule has 0 saturated carbocycles. The van der Waals surface area contributed by atoms with Gasteiger partial charge in [0, 0.05) is 24.8 Å². The standard InChI is InChI=1S/C11H18N2O/c1-3-10(4-2)12-7-9-5-6-11(14)13-8-9/h5-6,8,10,12H,3-4,7H2,1-2H3,(H,13,14). The highest BCUT2D eigenvalue weighted by atomic mass is 16.1. The molecule has 1 heterocycles. The first-order valence-corrected chi connectivity index (χ1v) is 5.17. The Balaban J connectivity index is 2.45. The zero-order valence-electron chi connectivity index (χ0n) is 8.84. The van der Waals surface area contributed by atoms with E-state index >= 15 is 0 Å². The van der Waals surface area contributed by atoms with Crippen molar-refractivity contribution in [3.63, 3.8) is 0 Å². The van der Waals surface area contributed by atoms with E-state index in [0.29, 0.717) is 6.04 Å². The maximum atomic E-state index is 10.8. The predicted molar refractivity (Wildman–Crippen MR) is 58.3 cm³/mol. The maximum Gasteiger partial charge on any atom is 0.247 e. The van der Waals surface area contributed by atoms with E-state index in [0.717, 1.165) is 24.9 Å². The summed E-state index contributed by atoms with van der Waals surface area (Å²) in [5.41, 5.74) is 1.08. The van der Waals surface area contributed by atoms with Gasteiger partial charge in [-0.2, -0.15) is 0 Å². The fourth-order valence-corrected chi connectivity index (χ4v) is 1.39. The van der Waals surface area contributed by atoms with Crippen LogP contribution in [0.1, 0.15) is 32.3 Å². The van der Waals surface area contributed by atoms with E-state index in [2.05, 4.69) is 24.1 Å². The van der Waals surface area contributed by atoms with Crippen LogP contribution in [0.3, 0.4) is 0 Å². The molecule has 1 rings (SSSR count). The molecule has 0 aliphatic heterocycles. The third kappa shape index (κ3) is 3.34. The summed E-state index contributed by atoms with van der Waals surface area (Å²) in [5, 5.41) is 3.43. The maximum absolute atomic E-state index is 10.8. The Hall–Kier alpha value is -1.09. The smallest absolute Gasteiger partial charge is 0.247 e. The van der Waals surface area contributed by atoms with Crippen molar-refractivity contribution in [2.24, 2.45) is 0 Å². The van der Waals surface area contributed by atoms with Crippen LogP contribution in [0.15, 0.2) is 23.1 Å². The molecule has 0 saturated heterocycles. The molecule has 3 heteroatoms. The molecule has 0 atom stereocenters. The van der Waals surface area contributed by atoms with Gasteiger partial charge in [0.15, 0.2) is 0 Å². The van der Waals surface area contributed by atoms with Crippen LogP contribution >= 0.6 is 0 Å². The molecule has 0 aliphatic carbocycles. The summed E-state index contributed by atoms with van der Waals surface area (Å²) in [6.45, 7) is 5.17. The minimum atomic E-state index is -0.0451. The largest absolute Gasteiger partial charge is 0.329 e. The van der Waals surface area contributed by atoms with Crippen molar-refractivity contribution in [1.82, 2.24) is 10.3 Å². The van der Waals surface area contributed by atoms with Gasteiger partial charge in [0.05, 0.1) is 0 Å². The molecule has 0 radical (unpaired) electrons. The summed E-state index contributed by atoms with van der Waals surface area (Å²) in [6.07, 6.45) is 4.04. The number of pyridine rings is 1. The van der Waals surface area contributed by atoms with Crippen molar-refractivity contribution < 1.29 is 0 Å². The average Bonchev–Trinajstić information content (AvgIpc) is 2.22. The molecule has 14 heavy (non-hydrogen) atoms. The molecular formula is C11H18N2O. The lowest BCUT2D eigenvalue weighted by atomic mass is 10.1. The first-order valence-electron chi connectivity index (χ1n) is 5.17. The fourth-order valence-electron chi connectivity index (χ4n) is 1.39. The van der Waals surface area contributed by atoms with Crippen molar-refractivity contribution in [2.75, 3.05) is 0 Å². The molecule has 78 valence electrons. The van der Waals surface area contributed by atoms with Gasteiger partial charge in [-0.3, -0.25) is 4.79 Å². The summed E-state index contributed by atoms with van der Waals surface area (Å²) in [6, 6.07) is 3.99. The molecule has 0 bridgehead atoms. The van der Waals surface area contributed by atoms with Crippen LogP contribution in [-0.4, -0.2) is 11.0 Å². The summed E-state index contributed by atoms with van der Waals surface area (Å²) in [4.78, 5) is 13.5. The highest BCUT2D eigenvalue weighted by Gasteiger charge is 2.01. The van der Waals surface area contributed by atoms with Crippen molar-refractivity contribution in [1.29, 1.82) is 0 Å². The summed E-state index contributed by atoms with van der Waals surface area (Å²) in [5.74, 6) is 0. The van der Waals surface area contributed by atoms with E-state index in [4.69, 9.17) is 0 Å². The Kier molecular flexibility index (Phi) is 4.40. The Labute approximate surface area is 84.6 Å². The van der Waals surface area contributed by atoms with E-state index in [9.17, 15) is 4.79 Å². The minimum Gasteiger partial charge on any atom is -0.329 e. The van der Waals surface area contributed by atoms with E-state index in [1.54, 1.807) is 12.3 Å². The van der Waals surface area contributed by atoms with Crippen molar-refractivity contribution in [3.8, 4) is 0 Å². The normalized spacial score (nSPS) is 10.8. The molecule has 2 N–H and O–H groups in total. The Morgan fingerprint density at radius 1 is 1.36 bits per heavy atom. The van der Waals surface area contributed by atoms with E-state index in [1.165, 1.54) is 0 Å². The molecule has 0 amide bonds. The highest BCUT2D eigenvalue weighted by Crippen LogP contribution is 1.99. The van der Waals surface area contributed by atoms with Gasteiger partial charge in [-0.25, -0.2) is 0 Å². The SMILES string of the molecule is CCC(CC)NCc1ccc(=O)[nH]c1. The zero-order chi connectivity index (χ0) is 10.4. The second kappa shape index (κ2) is 5.60. The van der Waals surface area contributed by atoms with Gasteiger partial charge >= 0.3 is 0 Å². The summed E-state index contributed by atoms with van der Waals surface area (Å²) in [7, 11) is 0.